The highest BCUT2D eigenvalue weighted by atomic mass is 32.2. The molecule has 0 unspecified atom stereocenters. The maximum Gasteiger partial charge on any atom is 0.279 e. The van der Waals surface area contributed by atoms with E-state index in [0.717, 1.165) is 35.2 Å². The van der Waals surface area contributed by atoms with Crippen LogP contribution in [0.25, 0.3) is 0 Å². The number of nitrogens with zero attached hydrogens (tertiary/aromatic N) is 3. The van der Waals surface area contributed by atoms with Crippen molar-refractivity contribution in [2.24, 2.45) is 0 Å². The molecule has 2 N–H and O–H groups in total. The molecular weight excluding hydrogens is 400 g/mol. The van der Waals surface area contributed by atoms with Crippen LogP contribution >= 0.6 is 23.1 Å². The molecule has 0 spiro atoms. The van der Waals surface area contributed by atoms with Gasteiger partial charge in [0.05, 0.1) is 11.4 Å². The van der Waals surface area contributed by atoms with Crippen molar-refractivity contribution in [2.45, 2.75) is 11.3 Å². The summed E-state index contributed by atoms with van der Waals surface area (Å²) in [5.41, 5.74) is -0.00673. The number of amides is 2. The zero-order valence-corrected chi connectivity index (χ0v) is 15.3. The summed E-state index contributed by atoms with van der Waals surface area (Å²) in [7, 11) is 0. The summed E-state index contributed by atoms with van der Waals surface area (Å²) < 4.78 is 31.6. The molecule has 3 rings (SSSR count). The number of hydrogen-bond donors (Lipinski definition) is 2. The van der Waals surface area contributed by atoms with Crippen molar-refractivity contribution in [2.75, 3.05) is 16.4 Å². The van der Waals surface area contributed by atoms with E-state index in [0.29, 0.717) is 16.2 Å². The molecule has 0 saturated heterocycles. The van der Waals surface area contributed by atoms with Gasteiger partial charge in [-0.25, -0.2) is 8.78 Å². The van der Waals surface area contributed by atoms with Gasteiger partial charge in [-0.15, -0.1) is 10.2 Å². The van der Waals surface area contributed by atoms with Crippen molar-refractivity contribution in [3.8, 4) is 0 Å². The smallest absolute Gasteiger partial charge is 0.279 e. The van der Waals surface area contributed by atoms with Gasteiger partial charge in [-0.1, -0.05) is 28.3 Å². The average Bonchev–Trinajstić information content (AvgIpc) is 3.24. The first-order chi connectivity index (χ1) is 12.9. The second-order valence-corrected chi connectivity index (χ2v) is 7.31. The summed E-state index contributed by atoms with van der Waals surface area (Å²) in [6.07, 6.45) is 0. The minimum atomic E-state index is -0.864. The van der Waals surface area contributed by atoms with Crippen molar-refractivity contribution in [1.82, 2.24) is 15.4 Å². The quantitative estimate of drug-likeness (QED) is 0.474. The van der Waals surface area contributed by atoms with Crippen LogP contribution in [0.2, 0.25) is 0 Å². The Morgan fingerprint density at radius 1 is 1.22 bits per heavy atom. The summed E-state index contributed by atoms with van der Waals surface area (Å²) in [5.74, 6) is -2.16. The van der Waals surface area contributed by atoms with Crippen LogP contribution in [0.5, 0.6) is 0 Å². The molecule has 140 valence electrons. The van der Waals surface area contributed by atoms with Crippen molar-refractivity contribution in [1.29, 1.82) is 0 Å². The van der Waals surface area contributed by atoms with E-state index in [1.807, 2.05) is 0 Å². The number of hydrogen-bond acceptors (Lipinski definition) is 8. The molecule has 0 aliphatic heterocycles. The highest BCUT2D eigenvalue weighted by molar-refractivity contribution is 8.01. The molecule has 2 amide bonds. The minimum Gasteiger partial charge on any atom is -0.361 e. The molecule has 12 heteroatoms. The lowest BCUT2D eigenvalue weighted by Crippen LogP contribution is -2.15. The van der Waals surface area contributed by atoms with Crippen LogP contribution in [0, 0.1) is 18.6 Å². The van der Waals surface area contributed by atoms with Gasteiger partial charge in [0.1, 0.15) is 17.4 Å². The van der Waals surface area contributed by atoms with Crippen LogP contribution in [0.1, 0.15) is 16.2 Å². The highest BCUT2D eigenvalue weighted by Gasteiger charge is 2.15. The molecule has 0 radical (unpaired) electrons. The molecule has 8 nitrogen and oxygen atoms in total. The Morgan fingerprint density at radius 2 is 2.04 bits per heavy atom. The minimum absolute atomic E-state index is 0.0676. The highest BCUT2D eigenvalue weighted by Crippen LogP contribution is 2.26. The number of anilines is 2. The van der Waals surface area contributed by atoms with Gasteiger partial charge in [-0.2, -0.15) is 0 Å². The van der Waals surface area contributed by atoms with E-state index >= 15 is 0 Å². The van der Waals surface area contributed by atoms with Gasteiger partial charge in [0.15, 0.2) is 10.0 Å². The summed E-state index contributed by atoms with van der Waals surface area (Å²) in [5, 5.41) is 16.3. The lowest BCUT2D eigenvalue weighted by atomic mass is 10.3. The predicted octanol–water partition coefficient (Wildman–Crippen LogP) is 3.10. The number of halogens is 2. The second kappa shape index (κ2) is 8.22. The molecule has 27 heavy (non-hydrogen) atoms. The fraction of sp³-hybridized carbons (Fsp3) is 0.133. The van der Waals surface area contributed by atoms with E-state index < -0.39 is 23.4 Å². The van der Waals surface area contributed by atoms with E-state index in [-0.39, 0.29) is 22.3 Å². The van der Waals surface area contributed by atoms with Gasteiger partial charge in [-0.05, 0) is 19.1 Å². The lowest BCUT2D eigenvalue weighted by Gasteiger charge is -2.05. The normalized spacial score (nSPS) is 10.6. The number of aromatic nitrogens is 3. The topological polar surface area (TPSA) is 110 Å². The molecule has 0 aliphatic rings. The largest absolute Gasteiger partial charge is 0.361 e. The van der Waals surface area contributed by atoms with E-state index in [4.69, 9.17) is 4.52 Å². The number of benzene rings is 1. The van der Waals surface area contributed by atoms with Gasteiger partial charge < -0.3 is 9.84 Å². The van der Waals surface area contributed by atoms with Crippen LogP contribution in [-0.4, -0.2) is 32.9 Å². The molecule has 3 aromatic rings. The Bertz CT molecular complexity index is 992. The van der Waals surface area contributed by atoms with Crippen LogP contribution in [0.4, 0.5) is 19.6 Å². The fourth-order valence-corrected chi connectivity index (χ4v) is 3.40. The second-order valence-electron chi connectivity index (χ2n) is 5.11. The summed E-state index contributed by atoms with van der Waals surface area (Å²) in [4.78, 5) is 23.8. The Labute approximate surface area is 159 Å². The van der Waals surface area contributed by atoms with Crippen molar-refractivity contribution >= 4 is 45.7 Å². The molecule has 2 aromatic heterocycles. The van der Waals surface area contributed by atoms with Gasteiger partial charge in [0.2, 0.25) is 11.0 Å². The summed E-state index contributed by atoms with van der Waals surface area (Å²) >= 11 is 2.12. The fourth-order valence-electron chi connectivity index (χ4n) is 1.86. The SMILES string of the molecule is Cc1cc(C(=O)Nc2nnc(SCC(=O)Nc3ccc(F)cc3F)s2)no1. The van der Waals surface area contributed by atoms with E-state index in [1.54, 1.807) is 6.92 Å². The lowest BCUT2D eigenvalue weighted by molar-refractivity contribution is -0.113. The van der Waals surface area contributed by atoms with Gasteiger partial charge >= 0.3 is 0 Å². The molecule has 0 fully saturated rings. The molecule has 0 aliphatic carbocycles. The first-order valence-electron chi connectivity index (χ1n) is 7.36. The molecular formula is C15H11F2N5O3S2. The standard InChI is InChI=1S/C15H11F2N5O3S2/c1-7-4-11(22-25-7)13(24)19-14-20-21-15(27-14)26-6-12(23)18-10-3-2-8(16)5-9(10)17/h2-5H,6H2,1H3,(H,18,23)(H,19,20,24). The Morgan fingerprint density at radius 3 is 2.74 bits per heavy atom. The number of carbonyl (C=O) groups excluding carboxylic acids is 2. The van der Waals surface area contributed by atoms with Crippen molar-refractivity contribution in [3.05, 3.63) is 47.4 Å². The Hall–Kier alpha value is -2.86. The zero-order chi connectivity index (χ0) is 19.4. The third-order valence-electron chi connectivity index (χ3n) is 3.02. The maximum absolute atomic E-state index is 13.5. The van der Waals surface area contributed by atoms with Crippen LogP contribution in [-0.2, 0) is 4.79 Å². The van der Waals surface area contributed by atoms with Crippen molar-refractivity contribution in [3.63, 3.8) is 0 Å². The third-order valence-corrected chi connectivity index (χ3v) is 4.99. The first kappa shape index (κ1) is 18.9. The van der Waals surface area contributed by atoms with Gasteiger partial charge in [0, 0.05) is 12.1 Å². The van der Waals surface area contributed by atoms with Crippen LogP contribution in [0.15, 0.2) is 33.1 Å². The summed E-state index contributed by atoms with van der Waals surface area (Å²) in [6, 6.07) is 4.34. The Kier molecular flexibility index (Phi) is 5.76. The predicted molar refractivity (Wildman–Crippen MR) is 94.8 cm³/mol. The van der Waals surface area contributed by atoms with Crippen LogP contribution < -0.4 is 10.6 Å². The molecule has 0 bridgehead atoms. The van der Waals surface area contributed by atoms with E-state index in [1.165, 1.54) is 6.07 Å². The van der Waals surface area contributed by atoms with Crippen LogP contribution in [0.3, 0.4) is 0 Å². The molecule has 0 atom stereocenters. The molecule has 1 aromatic carbocycles. The van der Waals surface area contributed by atoms with Gasteiger partial charge in [0.25, 0.3) is 5.91 Å². The maximum atomic E-state index is 13.5. The average molecular weight is 411 g/mol. The number of carbonyl (C=O) groups is 2. The molecule has 2 heterocycles. The number of rotatable bonds is 6. The van der Waals surface area contributed by atoms with E-state index in [9.17, 15) is 18.4 Å². The molecule has 0 saturated carbocycles. The third kappa shape index (κ3) is 5.08. The Balaban J connectivity index is 1.51. The van der Waals surface area contributed by atoms with E-state index in [2.05, 4.69) is 26.0 Å². The number of nitrogens with one attached hydrogen (secondary N) is 2. The summed E-state index contributed by atoms with van der Waals surface area (Å²) in [6.45, 7) is 1.66. The monoisotopic (exact) mass is 411 g/mol. The first-order valence-corrected chi connectivity index (χ1v) is 9.17. The zero-order valence-electron chi connectivity index (χ0n) is 13.7. The number of aryl methyl sites for hydroxylation is 1. The number of thioether (sulfide) groups is 1. The van der Waals surface area contributed by atoms with Crippen molar-refractivity contribution < 1.29 is 22.9 Å². The van der Waals surface area contributed by atoms with Gasteiger partial charge in [-0.3, -0.25) is 14.9 Å².